The van der Waals surface area contributed by atoms with Gasteiger partial charge in [-0.25, -0.2) is 4.98 Å². The van der Waals surface area contributed by atoms with Gasteiger partial charge in [0.05, 0.1) is 10.2 Å². The molecular weight excluding hydrogens is 398 g/mol. The number of anilines is 2. The number of nitrogens with one attached hydrogen (secondary N) is 2. The summed E-state index contributed by atoms with van der Waals surface area (Å²) in [7, 11) is 0. The molecule has 30 heavy (non-hydrogen) atoms. The predicted molar refractivity (Wildman–Crippen MR) is 120 cm³/mol. The second-order valence-electron chi connectivity index (χ2n) is 7.59. The van der Waals surface area contributed by atoms with Crippen molar-refractivity contribution >= 4 is 44.2 Å². The van der Waals surface area contributed by atoms with Crippen molar-refractivity contribution in [2.75, 3.05) is 10.6 Å². The lowest BCUT2D eigenvalue weighted by atomic mass is 9.89. The van der Waals surface area contributed by atoms with Crippen LogP contribution in [0.5, 0.6) is 5.75 Å². The van der Waals surface area contributed by atoms with Gasteiger partial charge in [-0.1, -0.05) is 48.8 Å². The smallest absolute Gasteiger partial charge is 0.265 e. The maximum atomic E-state index is 12.5. The lowest BCUT2D eigenvalue weighted by Gasteiger charge is -2.19. The van der Waals surface area contributed by atoms with Crippen molar-refractivity contribution in [2.24, 2.45) is 5.92 Å². The number of rotatable bonds is 6. The highest BCUT2D eigenvalue weighted by Gasteiger charge is 2.22. The van der Waals surface area contributed by atoms with E-state index in [0.29, 0.717) is 16.6 Å². The molecule has 0 radical (unpaired) electrons. The van der Waals surface area contributed by atoms with Crippen LogP contribution in [-0.4, -0.2) is 22.9 Å². The van der Waals surface area contributed by atoms with Gasteiger partial charge in [-0.2, -0.15) is 0 Å². The molecular formula is C23H25N3O3S. The normalized spacial score (nSPS) is 15.5. The lowest BCUT2D eigenvalue weighted by molar-refractivity contribution is -0.122. The first-order valence-corrected chi connectivity index (χ1v) is 11.1. The molecule has 1 aromatic heterocycles. The first-order valence-electron chi connectivity index (χ1n) is 10.3. The van der Waals surface area contributed by atoms with E-state index < -0.39 is 6.10 Å². The van der Waals surface area contributed by atoms with Crippen molar-refractivity contribution in [3.63, 3.8) is 0 Å². The van der Waals surface area contributed by atoms with Gasteiger partial charge in [-0.05, 0) is 50.1 Å². The Hall–Kier alpha value is -2.93. The van der Waals surface area contributed by atoms with E-state index in [4.69, 9.17) is 4.74 Å². The van der Waals surface area contributed by atoms with Gasteiger partial charge < -0.3 is 15.4 Å². The number of aromatic nitrogens is 1. The van der Waals surface area contributed by atoms with Crippen molar-refractivity contribution in [1.29, 1.82) is 0 Å². The van der Waals surface area contributed by atoms with Gasteiger partial charge in [0.15, 0.2) is 11.2 Å². The number of carbonyl (C=O) groups excluding carboxylic acids is 2. The Kier molecular flexibility index (Phi) is 6.28. The van der Waals surface area contributed by atoms with E-state index in [1.54, 1.807) is 6.92 Å². The fraction of sp³-hybridized carbons (Fsp3) is 0.348. The summed E-state index contributed by atoms with van der Waals surface area (Å²) in [5.74, 6) is 0.564. The minimum atomic E-state index is -0.635. The van der Waals surface area contributed by atoms with Gasteiger partial charge in [-0.3, -0.25) is 9.59 Å². The largest absolute Gasteiger partial charge is 0.481 e. The van der Waals surface area contributed by atoms with Crippen molar-refractivity contribution in [3.8, 4) is 5.75 Å². The molecule has 7 heteroatoms. The number of benzene rings is 2. The monoisotopic (exact) mass is 423 g/mol. The predicted octanol–water partition coefficient (Wildman–Crippen LogP) is 5.22. The molecule has 0 bridgehead atoms. The molecule has 0 spiro atoms. The summed E-state index contributed by atoms with van der Waals surface area (Å²) in [6.45, 7) is 1.71. The molecule has 4 rings (SSSR count). The van der Waals surface area contributed by atoms with Crippen LogP contribution in [-0.2, 0) is 9.59 Å². The molecule has 0 unspecified atom stereocenters. The average Bonchev–Trinajstić information content (AvgIpc) is 3.16. The molecule has 1 fully saturated rings. The molecule has 6 nitrogen and oxygen atoms in total. The molecule has 1 atom stereocenters. The summed E-state index contributed by atoms with van der Waals surface area (Å²) >= 11 is 1.44. The van der Waals surface area contributed by atoms with Crippen LogP contribution in [0.1, 0.15) is 39.0 Å². The quantitative estimate of drug-likeness (QED) is 0.569. The highest BCUT2D eigenvalue weighted by atomic mass is 32.1. The number of para-hydroxylation sites is 1. The molecule has 3 aromatic rings. The van der Waals surface area contributed by atoms with Gasteiger partial charge in [0, 0.05) is 11.6 Å². The van der Waals surface area contributed by atoms with Crippen LogP contribution < -0.4 is 15.4 Å². The number of amides is 2. The molecule has 0 aliphatic heterocycles. The molecule has 1 saturated carbocycles. The fourth-order valence-electron chi connectivity index (χ4n) is 3.63. The number of ether oxygens (including phenoxy) is 1. The highest BCUT2D eigenvalue weighted by molar-refractivity contribution is 7.22. The van der Waals surface area contributed by atoms with E-state index in [1.807, 2.05) is 48.5 Å². The summed E-state index contributed by atoms with van der Waals surface area (Å²) in [5.41, 5.74) is 1.39. The number of carbonyl (C=O) groups is 2. The molecule has 0 saturated heterocycles. The van der Waals surface area contributed by atoms with Crippen molar-refractivity contribution in [1.82, 2.24) is 4.98 Å². The van der Waals surface area contributed by atoms with E-state index in [-0.39, 0.29) is 17.7 Å². The molecule has 2 N–H and O–H groups in total. The van der Waals surface area contributed by atoms with Crippen molar-refractivity contribution in [2.45, 2.75) is 45.1 Å². The number of thiazole rings is 1. The Morgan fingerprint density at radius 2 is 1.83 bits per heavy atom. The van der Waals surface area contributed by atoms with Gasteiger partial charge in [0.2, 0.25) is 5.91 Å². The highest BCUT2D eigenvalue weighted by Crippen LogP contribution is 2.30. The first-order chi connectivity index (χ1) is 14.6. The second kappa shape index (κ2) is 9.26. The van der Waals surface area contributed by atoms with E-state index in [9.17, 15) is 9.59 Å². The molecule has 2 aromatic carbocycles. The fourth-order valence-corrected chi connectivity index (χ4v) is 4.48. The molecule has 1 heterocycles. The molecule has 156 valence electrons. The third-order valence-electron chi connectivity index (χ3n) is 5.29. The first kappa shape index (κ1) is 20.3. The Labute approximate surface area is 179 Å². The number of hydrogen-bond donors (Lipinski definition) is 2. The van der Waals surface area contributed by atoms with Crippen LogP contribution >= 0.6 is 11.3 Å². The summed E-state index contributed by atoms with van der Waals surface area (Å²) in [6, 6.07) is 14.8. The summed E-state index contributed by atoms with van der Waals surface area (Å²) in [4.78, 5) is 29.5. The number of nitrogens with zero attached hydrogens (tertiary/aromatic N) is 1. The Bertz CT molecular complexity index is 1030. The van der Waals surface area contributed by atoms with Crippen LogP contribution in [0.15, 0.2) is 48.5 Å². The summed E-state index contributed by atoms with van der Waals surface area (Å²) in [5, 5.41) is 6.44. The Morgan fingerprint density at radius 3 is 2.60 bits per heavy atom. The zero-order valence-electron chi connectivity index (χ0n) is 16.9. The number of hydrogen-bond acceptors (Lipinski definition) is 5. The third-order valence-corrected chi connectivity index (χ3v) is 6.24. The van der Waals surface area contributed by atoms with E-state index >= 15 is 0 Å². The average molecular weight is 424 g/mol. The SMILES string of the molecule is C[C@H](Oc1ccccc1)C(=O)Nc1ccc2sc(NC(=O)C3CCCCC3)nc2c1. The standard InChI is InChI=1S/C23H25N3O3S/c1-15(29-18-10-6-3-7-11-18)21(27)24-17-12-13-20-19(14-17)25-23(30-20)26-22(28)16-8-4-2-5-9-16/h3,6-7,10-16H,2,4-5,8-9H2,1H3,(H,24,27)(H,25,26,28)/t15-/m0/s1. The zero-order valence-corrected chi connectivity index (χ0v) is 17.7. The van der Waals surface area contributed by atoms with Crippen LogP contribution in [0, 0.1) is 5.92 Å². The van der Waals surface area contributed by atoms with Crippen LogP contribution in [0.2, 0.25) is 0 Å². The molecule has 2 amide bonds. The van der Waals surface area contributed by atoms with Gasteiger partial charge >= 0.3 is 0 Å². The van der Waals surface area contributed by atoms with E-state index in [1.165, 1.54) is 17.8 Å². The topological polar surface area (TPSA) is 80.3 Å². The van der Waals surface area contributed by atoms with Gasteiger partial charge in [0.25, 0.3) is 5.91 Å². The Balaban J connectivity index is 1.39. The second-order valence-corrected chi connectivity index (χ2v) is 8.62. The minimum Gasteiger partial charge on any atom is -0.481 e. The maximum Gasteiger partial charge on any atom is 0.265 e. The minimum absolute atomic E-state index is 0.0640. The van der Waals surface area contributed by atoms with E-state index in [2.05, 4.69) is 15.6 Å². The lowest BCUT2D eigenvalue weighted by Crippen LogP contribution is -2.30. The number of fused-ring (bicyclic) bond motifs is 1. The van der Waals surface area contributed by atoms with Crippen molar-refractivity contribution < 1.29 is 14.3 Å². The van der Waals surface area contributed by atoms with Crippen molar-refractivity contribution in [3.05, 3.63) is 48.5 Å². The molecule has 1 aliphatic rings. The Morgan fingerprint density at radius 1 is 1.07 bits per heavy atom. The van der Waals surface area contributed by atoms with Crippen LogP contribution in [0.3, 0.4) is 0 Å². The van der Waals surface area contributed by atoms with E-state index in [0.717, 1.165) is 35.9 Å². The third kappa shape index (κ3) is 4.97. The van der Waals surface area contributed by atoms with Crippen LogP contribution in [0.4, 0.5) is 10.8 Å². The van der Waals surface area contributed by atoms with Crippen LogP contribution in [0.25, 0.3) is 10.2 Å². The summed E-state index contributed by atoms with van der Waals surface area (Å²) < 4.78 is 6.63. The van der Waals surface area contributed by atoms with Gasteiger partial charge in [-0.15, -0.1) is 0 Å². The zero-order chi connectivity index (χ0) is 20.9. The molecule has 1 aliphatic carbocycles. The maximum absolute atomic E-state index is 12.5. The van der Waals surface area contributed by atoms with Gasteiger partial charge in [0.1, 0.15) is 5.75 Å². The summed E-state index contributed by atoms with van der Waals surface area (Å²) in [6.07, 6.45) is 4.73.